The van der Waals surface area contributed by atoms with Crippen molar-refractivity contribution in [2.45, 2.75) is 38.1 Å². The van der Waals surface area contributed by atoms with E-state index < -0.39 is 15.9 Å². The largest absolute Gasteiger partial charge is 0.493 e. The highest BCUT2D eigenvalue weighted by Crippen LogP contribution is 2.28. The van der Waals surface area contributed by atoms with Crippen LogP contribution >= 0.6 is 0 Å². The summed E-state index contributed by atoms with van der Waals surface area (Å²) in [6.45, 7) is 0.526. The van der Waals surface area contributed by atoms with Gasteiger partial charge in [-0.2, -0.15) is 5.10 Å². The van der Waals surface area contributed by atoms with Crippen molar-refractivity contribution in [3.63, 3.8) is 0 Å². The molecule has 0 spiro atoms. The maximum atomic E-state index is 12.8. The second-order valence-electron chi connectivity index (χ2n) is 7.86. The summed E-state index contributed by atoms with van der Waals surface area (Å²) >= 11 is 0. The number of benzene rings is 1. The minimum Gasteiger partial charge on any atom is -0.493 e. The fraction of sp³-hybridized carbons (Fsp3) is 0.571. The highest BCUT2D eigenvalue weighted by atomic mass is 32.2. The van der Waals surface area contributed by atoms with Crippen molar-refractivity contribution in [3.05, 3.63) is 23.8 Å². The summed E-state index contributed by atoms with van der Waals surface area (Å²) in [5, 5.41) is 5.47. The van der Waals surface area contributed by atoms with E-state index in [-0.39, 0.29) is 36.2 Å². The topological polar surface area (TPSA) is 106 Å². The second-order valence-corrected chi connectivity index (χ2v) is 10.1. The van der Waals surface area contributed by atoms with Crippen molar-refractivity contribution in [1.82, 2.24) is 9.91 Å². The van der Waals surface area contributed by atoms with Gasteiger partial charge in [-0.1, -0.05) is 6.07 Å². The third kappa shape index (κ3) is 5.55. The number of hydrogen-bond donors (Lipinski definition) is 0. The van der Waals surface area contributed by atoms with Gasteiger partial charge in [0.15, 0.2) is 21.3 Å². The molecule has 3 rings (SSSR count). The Hall–Kier alpha value is -2.62. The molecule has 1 fully saturated rings. The minimum absolute atomic E-state index is 0.0519. The van der Waals surface area contributed by atoms with E-state index in [1.165, 1.54) is 5.01 Å². The van der Waals surface area contributed by atoms with E-state index in [2.05, 4.69) is 5.10 Å². The lowest BCUT2D eigenvalue weighted by atomic mass is 10.1. The molecule has 0 N–H and O–H groups in total. The number of hydrogen-bond acceptors (Lipinski definition) is 7. The first-order chi connectivity index (χ1) is 14.7. The molecule has 0 saturated carbocycles. The van der Waals surface area contributed by atoms with Crippen LogP contribution in [0.5, 0.6) is 11.5 Å². The molecule has 0 unspecified atom stereocenters. The summed E-state index contributed by atoms with van der Waals surface area (Å²) in [4.78, 5) is 26.7. The average molecular weight is 452 g/mol. The van der Waals surface area contributed by atoms with Crippen molar-refractivity contribution < 1.29 is 27.5 Å². The summed E-state index contributed by atoms with van der Waals surface area (Å²) < 4.78 is 34.1. The van der Waals surface area contributed by atoms with Gasteiger partial charge in [-0.15, -0.1) is 0 Å². The molecule has 2 heterocycles. The van der Waals surface area contributed by atoms with E-state index in [9.17, 15) is 18.0 Å². The van der Waals surface area contributed by atoms with Crippen LogP contribution in [0, 0.1) is 0 Å². The number of sulfone groups is 1. The number of nitrogens with zero attached hydrogens (tertiary/aromatic N) is 3. The molecular formula is C21H29N3O6S. The number of hydrazone groups is 1. The fourth-order valence-corrected chi connectivity index (χ4v) is 5.55. The van der Waals surface area contributed by atoms with Gasteiger partial charge in [0, 0.05) is 26.4 Å². The lowest BCUT2D eigenvalue weighted by Crippen LogP contribution is -2.44. The first kappa shape index (κ1) is 23.1. The summed E-state index contributed by atoms with van der Waals surface area (Å²) in [5.41, 5.74) is 1.38. The van der Waals surface area contributed by atoms with E-state index in [0.717, 1.165) is 18.4 Å². The smallest absolute Gasteiger partial charge is 0.269 e. The van der Waals surface area contributed by atoms with Crippen LogP contribution in [0.15, 0.2) is 23.3 Å². The molecule has 1 aromatic rings. The number of aryl methyl sites for hydroxylation is 1. The van der Waals surface area contributed by atoms with Crippen molar-refractivity contribution in [2.24, 2.45) is 5.10 Å². The van der Waals surface area contributed by atoms with E-state index in [4.69, 9.17) is 9.47 Å². The molecule has 0 bridgehead atoms. The zero-order valence-electron chi connectivity index (χ0n) is 18.2. The maximum Gasteiger partial charge on any atom is 0.269 e. The van der Waals surface area contributed by atoms with Gasteiger partial charge in [-0.05, 0) is 37.0 Å². The van der Waals surface area contributed by atoms with E-state index in [1.54, 1.807) is 26.2 Å². The number of ether oxygens (including phenoxy) is 2. The van der Waals surface area contributed by atoms with Crippen molar-refractivity contribution in [2.75, 3.05) is 39.3 Å². The van der Waals surface area contributed by atoms with Crippen LogP contribution in [0.3, 0.4) is 0 Å². The molecule has 31 heavy (non-hydrogen) atoms. The minimum atomic E-state index is -3.15. The van der Waals surface area contributed by atoms with Crippen molar-refractivity contribution >= 4 is 27.4 Å². The van der Waals surface area contributed by atoms with Crippen LogP contribution < -0.4 is 9.47 Å². The molecule has 2 aliphatic rings. The Morgan fingerprint density at radius 1 is 1.23 bits per heavy atom. The second kappa shape index (κ2) is 9.67. The zero-order chi connectivity index (χ0) is 22.6. The lowest BCUT2D eigenvalue weighted by molar-refractivity contribution is -0.134. The van der Waals surface area contributed by atoms with E-state index in [0.29, 0.717) is 30.2 Å². The highest BCUT2D eigenvalue weighted by molar-refractivity contribution is 7.91. The van der Waals surface area contributed by atoms with E-state index in [1.807, 2.05) is 18.2 Å². The van der Waals surface area contributed by atoms with Crippen LogP contribution in [0.25, 0.3) is 0 Å². The molecule has 2 amide bonds. The molecule has 1 aromatic carbocycles. The van der Waals surface area contributed by atoms with Gasteiger partial charge >= 0.3 is 0 Å². The number of methoxy groups -OCH3 is 2. The molecular weight excluding hydrogens is 422 g/mol. The van der Waals surface area contributed by atoms with Crippen LogP contribution in [-0.2, 0) is 25.8 Å². The summed E-state index contributed by atoms with van der Waals surface area (Å²) in [5.74, 6) is 0.837. The highest BCUT2D eigenvalue weighted by Gasteiger charge is 2.37. The van der Waals surface area contributed by atoms with Crippen LogP contribution in [0.4, 0.5) is 0 Å². The Morgan fingerprint density at radius 3 is 2.61 bits per heavy atom. The van der Waals surface area contributed by atoms with Crippen LogP contribution in [0.1, 0.15) is 31.2 Å². The van der Waals surface area contributed by atoms with Gasteiger partial charge in [-0.25, -0.2) is 13.4 Å². The Balaban J connectivity index is 1.58. The summed E-state index contributed by atoms with van der Waals surface area (Å²) in [6.07, 6.45) is 2.30. The molecule has 1 saturated heterocycles. The van der Waals surface area contributed by atoms with Gasteiger partial charge in [0.05, 0.1) is 31.8 Å². The maximum absolute atomic E-state index is 12.8. The molecule has 0 aliphatic carbocycles. The SMILES string of the molecule is COc1ccc(CCCN(C)C(=O)C2=NN([C@H]3CCS(=O)(=O)C3)C(=O)CC2)cc1OC. The molecule has 0 aromatic heterocycles. The third-order valence-corrected chi connectivity index (χ3v) is 7.36. The Labute approximate surface area is 182 Å². The number of carbonyl (C=O) groups excluding carboxylic acids is 2. The monoisotopic (exact) mass is 451 g/mol. The molecule has 0 radical (unpaired) electrons. The average Bonchev–Trinajstić information content (AvgIpc) is 3.12. The van der Waals surface area contributed by atoms with Crippen molar-refractivity contribution in [3.8, 4) is 11.5 Å². The van der Waals surface area contributed by atoms with Crippen molar-refractivity contribution in [1.29, 1.82) is 0 Å². The quantitative estimate of drug-likeness (QED) is 0.589. The standard InChI is InChI=1S/C21H29N3O6S/c1-23(11-4-5-15-6-8-18(29-2)19(13-15)30-3)21(26)17-7-9-20(25)24(22-17)16-10-12-31(27,28)14-16/h6,8,13,16H,4-5,7,9-12,14H2,1-3H3/t16-/m0/s1. The van der Waals surface area contributed by atoms with Gasteiger partial charge in [0.1, 0.15) is 5.71 Å². The Bertz CT molecular complexity index is 975. The number of carbonyl (C=O) groups is 2. The summed E-state index contributed by atoms with van der Waals surface area (Å²) in [7, 11) is 1.74. The predicted octanol–water partition coefficient (Wildman–Crippen LogP) is 1.26. The van der Waals surface area contributed by atoms with Crippen LogP contribution in [-0.4, -0.2) is 81.2 Å². The fourth-order valence-electron chi connectivity index (χ4n) is 3.86. The number of amides is 2. The lowest BCUT2D eigenvalue weighted by Gasteiger charge is -2.29. The molecule has 10 heteroatoms. The Morgan fingerprint density at radius 2 is 1.97 bits per heavy atom. The number of rotatable bonds is 8. The van der Waals surface area contributed by atoms with Gasteiger partial charge in [0.25, 0.3) is 5.91 Å². The molecule has 9 nitrogen and oxygen atoms in total. The molecule has 1 atom stereocenters. The van der Waals surface area contributed by atoms with Gasteiger partial charge in [0.2, 0.25) is 5.91 Å². The molecule has 170 valence electrons. The van der Waals surface area contributed by atoms with Crippen LogP contribution in [0.2, 0.25) is 0 Å². The summed E-state index contributed by atoms with van der Waals surface area (Å²) in [6, 6.07) is 5.27. The predicted molar refractivity (Wildman–Crippen MR) is 116 cm³/mol. The van der Waals surface area contributed by atoms with E-state index >= 15 is 0 Å². The first-order valence-corrected chi connectivity index (χ1v) is 12.1. The molecule has 2 aliphatic heterocycles. The zero-order valence-corrected chi connectivity index (χ0v) is 19.0. The first-order valence-electron chi connectivity index (χ1n) is 10.3. The third-order valence-electron chi connectivity index (χ3n) is 5.61. The Kier molecular flexibility index (Phi) is 7.19. The van der Waals surface area contributed by atoms with Gasteiger partial charge < -0.3 is 14.4 Å². The normalized spacial score (nSPS) is 20.4. The van der Waals surface area contributed by atoms with Gasteiger partial charge in [-0.3, -0.25) is 9.59 Å².